The van der Waals surface area contributed by atoms with Gasteiger partial charge in [-0.15, -0.1) is 0 Å². The Kier molecular flexibility index (Phi) is 3.65. The van der Waals surface area contributed by atoms with Crippen LogP contribution >= 0.6 is 0 Å². The highest BCUT2D eigenvalue weighted by Crippen LogP contribution is 2.32. The van der Waals surface area contributed by atoms with Crippen LogP contribution in [-0.2, 0) is 0 Å². The highest BCUT2D eigenvalue weighted by atomic mass is 16.3. The van der Waals surface area contributed by atoms with E-state index in [0.29, 0.717) is 5.92 Å². The number of aliphatic hydroxyl groups is 1. The van der Waals surface area contributed by atoms with Crippen molar-refractivity contribution in [2.24, 2.45) is 5.92 Å². The minimum atomic E-state index is -0.374. The molecule has 1 aromatic carbocycles. The van der Waals surface area contributed by atoms with E-state index in [9.17, 15) is 5.11 Å². The number of hydrogen-bond acceptors (Lipinski definition) is 2. The number of aliphatic hydroxyl groups excluding tert-OH is 1. The van der Waals surface area contributed by atoms with Gasteiger partial charge < -0.3 is 5.11 Å². The van der Waals surface area contributed by atoms with Crippen molar-refractivity contribution in [1.82, 2.24) is 9.78 Å². The van der Waals surface area contributed by atoms with E-state index in [4.69, 9.17) is 0 Å². The Morgan fingerprint density at radius 2 is 1.95 bits per heavy atom. The lowest BCUT2D eigenvalue weighted by molar-refractivity contribution is 0.145. The molecule has 1 heterocycles. The van der Waals surface area contributed by atoms with Gasteiger partial charge in [0.15, 0.2) is 0 Å². The Bertz CT molecular complexity index is 515. The quantitative estimate of drug-likeness (QED) is 0.909. The molecule has 3 rings (SSSR count). The van der Waals surface area contributed by atoms with E-state index >= 15 is 0 Å². The molecule has 0 bridgehead atoms. The van der Waals surface area contributed by atoms with Crippen LogP contribution in [0.25, 0.3) is 5.69 Å². The molecule has 2 aromatic rings. The van der Waals surface area contributed by atoms with Crippen LogP contribution in [-0.4, -0.2) is 14.9 Å². The Morgan fingerprint density at radius 3 is 2.68 bits per heavy atom. The molecule has 0 saturated heterocycles. The number of aromatic nitrogens is 2. The summed E-state index contributed by atoms with van der Waals surface area (Å²) in [5, 5.41) is 14.6. The molecule has 3 nitrogen and oxygen atoms in total. The first-order chi connectivity index (χ1) is 9.33. The molecule has 1 fully saturated rings. The van der Waals surface area contributed by atoms with Gasteiger partial charge >= 0.3 is 0 Å². The van der Waals surface area contributed by atoms with E-state index < -0.39 is 0 Å². The second-order valence-electron chi connectivity index (χ2n) is 5.46. The van der Waals surface area contributed by atoms with Crippen molar-refractivity contribution in [2.45, 2.75) is 38.2 Å². The van der Waals surface area contributed by atoms with Gasteiger partial charge in [-0.3, -0.25) is 0 Å². The maximum atomic E-state index is 10.3. The second-order valence-corrected chi connectivity index (χ2v) is 5.46. The molecule has 1 N–H and O–H groups in total. The molecule has 3 heteroatoms. The van der Waals surface area contributed by atoms with Crippen molar-refractivity contribution < 1.29 is 5.11 Å². The van der Waals surface area contributed by atoms with Gasteiger partial charge in [0.05, 0.1) is 18.0 Å². The Morgan fingerprint density at radius 1 is 1.21 bits per heavy atom. The third-order valence-corrected chi connectivity index (χ3v) is 4.04. The molecule has 0 amide bonds. The maximum Gasteiger partial charge on any atom is 0.0823 e. The van der Waals surface area contributed by atoms with Crippen LogP contribution in [0.4, 0.5) is 0 Å². The summed E-state index contributed by atoms with van der Waals surface area (Å²) in [5.74, 6) is 0.690. The Labute approximate surface area is 113 Å². The van der Waals surface area contributed by atoms with Gasteiger partial charge in [-0.25, -0.2) is 4.68 Å². The molecule has 1 unspecified atom stereocenters. The molecular formula is C16H20N2O. The minimum Gasteiger partial charge on any atom is -0.388 e. The zero-order chi connectivity index (χ0) is 13.1. The third kappa shape index (κ3) is 2.87. The average Bonchev–Trinajstić information content (AvgIpc) is 3.10. The van der Waals surface area contributed by atoms with Crippen LogP contribution in [0.15, 0.2) is 42.7 Å². The number of rotatable bonds is 4. The molecule has 0 radical (unpaired) electrons. The molecule has 1 aliphatic carbocycles. The normalized spacial score (nSPS) is 17.7. The maximum absolute atomic E-state index is 10.3. The van der Waals surface area contributed by atoms with Gasteiger partial charge in [0, 0.05) is 11.8 Å². The molecule has 1 aliphatic rings. The summed E-state index contributed by atoms with van der Waals surface area (Å²) in [6.45, 7) is 0. The smallest absolute Gasteiger partial charge is 0.0823 e. The van der Waals surface area contributed by atoms with Gasteiger partial charge in [-0.1, -0.05) is 43.9 Å². The van der Waals surface area contributed by atoms with Crippen molar-refractivity contribution in [3.05, 3.63) is 48.3 Å². The largest absolute Gasteiger partial charge is 0.388 e. The predicted molar refractivity (Wildman–Crippen MR) is 75.1 cm³/mol. The first-order valence-electron chi connectivity index (χ1n) is 7.11. The Balaban J connectivity index is 1.70. The van der Waals surface area contributed by atoms with Gasteiger partial charge in [0.2, 0.25) is 0 Å². The fourth-order valence-corrected chi connectivity index (χ4v) is 2.93. The van der Waals surface area contributed by atoms with Crippen LogP contribution in [0.2, 0.25) is 0 Å². The second kappa shape index (κ2) is 5.57. The zero-order valence-electron chi connectivity index (χ0n) is 11.1. The molecule has 1 aromatic heterocycles. The summed E-state index contributed by atoms with van der Waals surface area (Å²) in [7, 11) is 0. The van der Waals surface area contributed by atoms with Crippen molar-refractivity contribution in [3.63, 3.8) is 0 Å². The summed E-state index contributed by atoms with van der Waals surface area (Å²) in [6.07, 6.45) is 9.40. The van der Waals surface area contributed by atoms with Crippen molar-refractivity contribution in [1.29, 1.82) is 0 Å². The van der Waals surface area contributed by atoms with Crippen LogP contribution < -0.4 is 0 Å². The molecule has 100 valence electrons. The lowest BCUT2D eigenvalue weighted by Gasteiger charge is -2.13. The summed E-state index contributed by atoms with van der Waals surface area (Å²) < 4.78 is 1.83. The molecule has 1 saturated carbocycles. The predicted octanol–water partition coefficient (Wildman–Crippen LogP) is 3.49. The van der Waals surface area contributed by atoms with E-state index in [0.717, 1.165) is 17.7 Å². The lowest BCUT2D eigenvalue weighted by Crippen LogP contribution is -2.03. The Hall–Kier alpha value is -1.61. The summed E-state index contributed by atoms with van der Waals surface area (Å²) >= 11 is 0. The number of nitrogens with zero attached hydrogens (tertiary/aromatic N) is 2. The van der Waals surface area contributed by atoms with Gasteiger partial charge in [0.25, 0.3) is 0 Å². The number of benzene rings is 1. The van der Waals surface area contributed by atoms with Crippen molar-refractivity contribution >= 4 is 0 Å². The van der Waals surface area contributed by atoms with Crippen LogP contribution in [0.3, 0.4) is 0 Å². The van der Waals surface area contributed by atoms with Crippen molar-refractivity contribution in [2.75, 3.05) is 0 Å². The van der Waals surface area contributed by atoms with E-state index in [1.165, 1.54) is 25.7 Å². The van der Waals surface area contributed by atoms with Gasteiger partial charge in [-0.2, -0.15) is 5.10 Å². The standard InChI is InChI=1S/C16H20N2O/c19-16(10-13-6-4-5-7-13)14-11-17-18(12-14)15-8-2-1-3-9-15/h1-3,8-9,11-13,16,19H,4-7,10H2. The van der Waals surface area contributed by atoms with Crippen LogP contribution in [0.5, 0.6) is 0 Å². The topological polar surface area (TPSA) is 38.1 Å². The average molecular weight is 256 g/mol. The lowest BCUT2D eigenvalue weighted by atomic mass is 9.97. The molecule has 0 spiro atoms. The minimum absolute atomic E-state index is 0.374. The first-order valence-corrected chi connectivity index (χ1v) is 7.11. The number of para-hydroxylation sites is 1. The summed E-state index contributed by atoms with van der Waals surface area (Å²) in [6, 6.07) is 10.0. The monoisotopic (exact) mass is 256 g/mol. The highest BCUT2D eigenvalue weighted by Gasteiger charge is 2.20. The van der Waals surface area contributed by atoms with Gasteiger partial charge in [-0.05, 0) is 24.5 Å². The van der Waals surface area contributed by atoms with E-state index in [2.05, 4.69) is 5.10 Å². The van der Waals surface area contributed by atoms with Crippen LogP contribution in [0.1, 0.15) is 43.8 Å². The highest BCUT2D eigenvalue weighted by molar-refractivity contribution is 5.31. The first kappa shape index (κ1) is 12.4. The summed E-state index contributed by atoms with van der Waals surface area (Å²) in [5.41, 5.74) is 1.96. The van der Waals surface area contributed by atoms with E-state index in [1.807, 2.05) is 41.2 Å². The zero-order valence-corrected chi connectivity index (χ0v) is 11.1. The van der Waals surface area contributed by atoms with E-state index in [1.54, 1.807) is 6.20 Å². The fourth-order valence-electron chi connectivity index (χ4n) is 2.93. The molecule has 1 atom stereocenters. The molecular weight excluding hydrogens is 236 g/mol. The molecule has 19 heavy (non-hydrogen) atoms. The third-order valence-electron chi connectivity index (χ3n) is 4.04. The fraction of sp³-hybridized carbons (Fsp3) is 0.438. The van der Waals surface area contributed by atoms with Crippen LogP contribution in [0, 0.1) is 5.92 Å². The summed E-state index contributed by atoms with van der Waals surface area (Å²) in [4.78, 5) is 0. The van der Waals surface area contributed by atoms with Crippen molar-refractivity contribution in [3.8, 4) is 5.69 Å². The number of hydrogen-bond donors (Lipinski definition) is 1. The molecule has 0 aliphatic heterocycles. The van der Waals surface area contributed by atoms with E-state index in [-0.39, 0.29) is 6.10 Å². The van der Waals surface area contributed by atoms with Gasteiger partial charge in [0.1, 0.15) is 0 Å². The SMILES string of the molecule is OC(CC1CCCC1)c1cnn(-c2ccccc2)c1.